The summed E-state index contributed by atoms with van der Waals surface area (Å²) in [6.45, 7) is -0.0778. The van der Waals surface area contributed by atoms with Crippen molar-refractivity contribution in [1.29, 1.82) is 0 Å². The van der Waals surface area contributed by atoms with Gasteiger partial charge in [0.25, 0.3) is 5.91 Å². The second-order valence-corrected chi connectivity index (χ2v) is 8.10. The molecule has 2 N–H and O–H groups in total. The number of amides is 4. The molecule has 4 amide bonds. The fraction of sp³-hybridized carbons (Fsp3) is 0.389. The van der Waals surface area contributed by atoms with Crippen LogP contribution in [-0.2, 0) is 15.1 Å². The Balaban J connectivity index is 1.33. The average molecular weight is 399 g/mol. The molecule has 1 saturated heterocycles. The fourth-order valence-corrected chi connectivity index (χ4v) is 4.53. The Kier molecular flexibility index (Phi) is 3.83. The minimum atomic E-state index is -1.19. The Morgan fingerprint density at radius 3 is 2.96 bits per heavy atom. The summed E-state index contributed by atoms with van der Waals surface area (Å²) in [4.78, 5) is 39.0. The van der Waals surface area contributed by atoms with E-state index in [1.807, 2.05) is 6.07 Å². The van der Waals surface area contributed by atoms with Crippen LogP contribution >= 0.6 is 11.3 Å². The van der Waals surface area contributed by atoms with Crippen molar-refractivity contribution in [1.82, 2.24) is 20.4 Å². The molecule has 1 aromatic heterocycles. The maximum absolute atomic E-state index is 13.1. The molecule has 1 atom stereocenters. The van der Waals surface area contributed by atoms with Crippen LogP contribution in [0.2, 0.25) is 0 Å². The minimum absolute atomic E-state index is 0.303. The number of imide groups is 1. The van der Waals surface area contributed by atoms with Gasteiger partial charge in [0.1, 0.15) is 17.3 Å². The molecule has 0 bridgehead atoms. The zero-order chi connectivity index (χ0) is 19.3. The zero-order valence-corrected chi connectivity index (χ0v) is 15.6. The summed E-state index contributed by atoms with van der Waals surface area (Å²) in [6.07, 6.45) is 2.50. The highest BCUT2D eigenvalue weighted by Gasteiger charge is 2.55. The lowest BCUT2D eigenvalue weighted by atomic mass is 9.84. The minimum Gasteiger partial charge on any atom is -0.493 e. The van der Waals surface area contributed by atoms with Gasteiger partial charge in [0.15, 0.2) is 5.54 Å². The highest BCUT2D eigenvalue weighted by Crippen LogP contribution is 2.42. The van der Waals surface area contributed by atoms with E-state index in [9.17, 15) is 14.4 Å². The van der Waals surface area contributed by atoms with Gasteiger partial charge in [-0.15, -0.1) is 10.2 Å². The van der Waals surface area contributed by atoms with Crippen LogP contribution in [0.3, 0.4) is 0 Å². The molecule has 1 unspecified atom stereocenters. The Morgan fingerprint density at radius 1 is 1.32 bits per heavy atom. The van der Waals surface area contributed by atoms with Gasteiger partial charge >= 0.3 is 6.03 Å². The summed E-state index contributed by atoms with van der Waals surface area (Å²) in [5.41, 5.74) is -0.575. The molecule has 0 radical (unpaired) electrons. The number of anilines is 1. The molecule has 5 rings (SSSR count). The van der Waals surface area contributed by atoms with Gasteiger partial charge in [-0.05, 0) is 18.9 Å². The average Bonchev–Trinajstić information content (AvgIpc) is 3.40. The molecule has 1 spiro atoms. The van der Waals surface area contributed by atoms with Crippen molar-refractivity contribution in [2.75, 3.05) is 18.5 Å². The second-order valence-electron chi connectivity index (χ2n) is 7.09. The van der Waals surface area contributed by atoms with E-state index in [4.69, 9.17) is 4.74 Å². The lowest BCUT2D eigenvalue weighted by molar-refractivity contribution is -0.135. The molecule has 2 fully saturated rings. The van der Waals surface area contributed by atoms with Gasteiger partial charge in [-0.1, -0.05) is 29.5 Å². The number of hydrogen-bond donors (Lipinski definition) is 2. The number of ether oxygens (including phenoxy) is 1. The molecule has 2 aromatic rings. The summed E-state index contributed by atoms with van der Waals surface area (Å²) in [7, 11) is 0. The standard InChI is InChI=1S/C18H17N5O4S/c24-13(19-16-22-21-14(28-16)10-5-6-10)9-23-15(25)18(20-17(23)26)7-8-27-12-4-2-1-3-11(12)18/h1-4,10H,5-9H2,(H,20,26)(H,19,22,24). The fourth-order valence-electron chi connectivity index (χ4n) is 3.60. The number of nitrogens with one attached hydrogen (secondary N) is 2. The van der Waals surface area contributed by atoms with Gasteiger partial charge in [-0.3, -0.25) is 19.8 Å². The lowest BCUT2D eigenvalue weighted by Gasteiger charge is -2.33. The van der Waals surface area contributed by atoms with Crippen LogP contribution in [0.5, 0.6) is 5.75 Å². The van der Waals surface area contributed by atoms with Crippen molar-refractivity contribution < 1.29 is 19.1 Å². The Hall–Kier alpha value is -3.01. The normalized spacial score (nSPS) is 23.4. The summed E-state index contributed by atoms with van der Waals surface area (Å²) in [5, 5.41) is 14.7. The third-order valence-corrected chi connectivity index (χ3v) is 6.17. The predicted molar refractivity (Wildman–Crippen MR) is 99.0 cm³/mol. The number of carbonyl (C=O) groups is 3. The molecule has 1 aromatic carbocycles. The number of fused-ring (bicyclic) bond motifs is 2. The van der Waals surface area contributed by atoms with Crippen LogP contribution in [0, 0.1) is 0 Å². The van der Waals surface area contributed by atoms with E-state index in [0.717, 1.165) is 22.7 Å². The molecule has 3 heterocycles. The van der Waals surface area contributed by atoms with Gasteiger partial charge in [-0.25, -0.2) is 4.79 Å². The van der Waals surface area contributed by atoms with E-state index < -0.39 is 23.4 Å². The summed E-state index contributed by atoms with van der Waals surface area (Å²) in [6, 6.07) is 6.53. The van der Waals surface area contributed by atoms with Crippen LogP contribution in [0.25, 0.3) is 0 Å². The van der Waals surface area contributed by atoms with Gasteiger partial charge in [0.2, 0.25) is 11.0 Å². The van der Waals surface area contributed by atoms with Crippen molar-refractivity contribution in [3.8, 4) is 5.75 Å². The largest absolute Gasteiger partial charge is 0.493 e. The summed E-state index contributed by atoms with van der Waals surface area (Å²) in [5.74, 6) is 0.0800. The maximum Gasteiger partial charge on any atom is 0.325 e. The smallest absolute Gasteiger partial charge is 0.325 e. The molecule has 1 saturated carbocycles. The predicted octanol–water partition coefficient (Wildman–Crippen LogP) is 1.58. The molecule has 28 heavy (non-hydrogen) atoms. The topological polar surface area (TPSA) is 114 Å². The Labute approximate surface area is 164 Å². The monoisotopic (exact) mass is 399 g/mol. The van der Waals surface area contributed by atoms with E-state index in [1.165, 1.54) is 11.3 Å². The first-order valence-corrected chi connectivity index (χ1v) is 9.88. The number of benzene rings is 1. The molecule has 1 aliphatic carbocycles. The van der Waals surface area contributed by atoms with Crippen molar-refractivity contribution >= 4 is 34.3 Å². The molecule has 144 valence electrons. The number of nitrogens with zero attached hydrogens (tertiary/aromatic N) is 3. The first kappa shape index (κ1) is 17.1. The van der Waals surface area contributed by atoms with Crippen molar-refractivity contribution in [2.45, 2.75) is 30.7 Å². The summed E-state index contributed by atoms with van der Waals surface area (Å²) >= 11 is 1.33. The molecular formula is C18H17N5O4S. The van der Waals surface area contributed by atoms with E-state index in [1.54, 1.807) is 18.2 Å². The van der Waals surface area contributed by atoms with Gasteiger partial charge < -0.3 is 10.1 Å². The SMILES string of the molecule is O=C(CN1C(=O)NC2(CCOc3ccccc32)C1=O)Nc1nnc(C2CC2)s1. The van der Waals surface area contributed by atoms with Gasteiger partial charge in [-0.2, -0.15) is 0 Å². The van der Waals surface area contributed by atoms with E-state index in [2.05, 4.69) is 20.8 Å². The summed E-state index contributed by atoms with van der Waals surface area (Å²) < 4.78 is 5.60. The van der Waals surface area contributed by atoms with Crippen LogP contribution in [-0.4, -0.2) is 46.1 Å². The highest BCUT2D eigenvalue weighted by molar-refractivity contribution is 7.15. The van der Waals surface area contributed by atoms with E-state index in [0.29, 0.717) is 35.4 Å². The van der Waals surface area contributed by atoms with Crippen LogP contribution in [0.1, 0.15) is 35.8 Å². The van der Waals surface area contributed by atoms with E-state index >= 15 is 0 Å². The van der Waals surface area contributed by atoms with E-state index in [-0.39, 0.29) is 6.54 Å². The number of para-hydroxylation sites is 1. The second kappa shape index (κ2) is 6.26. The van der Waals surface area contributed by atoms with Gasteiger partial charge in [0.05, 0.1) is 6.61 Å². The van der Waals surface area contributed by atoms with Crippen LogP contribution in [0.4, 0.5) is 9.93 Å². The Morgan fingerprint density at radius 2 is 2.14 bits per heavy atom. The third kappa shape index (κ3) is 2.71. The molecule has 3 aliphatic rings. The van der Waals surface area contributed by atoms with Crippen LogP contribution in [0.15, 0.2) is 24.3 Å². The van der Waals surface area contributed by atoms with Crippen molar-refractivity contribution in [3.63, 3.8) is 0 Å². The third-order valence-electron chi connectivity index (χ3n) is 5.17. The number of rotatable bonds is 4. The maximum atomic E-state index is 13.1. The van der Waals surface area contributed by atoms with Crippen LogP contribution < -0.4 is 15.4 Å². The van der Waals surface area contributed by atoms with Gasteiger partial charge in [0, 0.05) is 17.9 Å². The highest BCUT2D eigenvalue weighted by atomic mass is 32.1. The number of carbonyl (C=O) groups excluding carboxylic acids is 3. The zero-order valence-electron chi connectivity index (χ0n) is 14.8. The lowest BCUT2D eigenvalue weighted by Crippen LogP contribution is -2.48. The first-order valence-electron chi connectivity index (χ1n) is 9.06. The molecule has 2 aliphatic heterocycles. The molecule has 10 heteroatoms. The first-order chi connectivity index (χ1) is 13.6. The Bertz CT molecular complexity index is 988. The molecule has 9 nitrogen and oxygen atoms in total. The number of urea groups is 1. The van der Waals surface area contributed by atoms with Crippen molar-refractivity contribution in [2.24, 2.45) is 0 Å². The van der Waals surface area contributed by atoms with Crippen molar-refractivity contribution in [3.05, 3.63) is 34.8 Å². The quantitative estimate of drug-likeness (QED) is 0.755. The number of hydrogen-bond acceptors (Lipinski definition) is 7. The number of aromatic nitrogens is 2. The molecular weight excluding hydrogens is 382 g/mol.